The van der Waals surface area contributed by atoms with Crippen LogP contribution in [0, 0.1) is 5.92 Å². The zero-order valence-corrected chi connectivity index (χ0v) is 14.1. The van der Waals surface area contributed by atoms with E-state index in [-0.39, 0.29) is 0 Å². The third kappa shape index (κ3) is 3.24. The van der Waals surface area contributed by atoms with Gasteiger partial charge in [-0.25, -0.2) is 4.98 Å². The minimum absolute atomic E-state index is 0.488. The lowest BCUT2D eigenvalue weighted by Gasteiger charge is -2.22. The maximum atomic E-state index is 4.86. The van der Waals surface area contributed by atoms with Gasteiger partial charge < -0.3 is 10.2 Å². The Morgan fingerprint density at radius 1 is 1.43 bits per heavy atom. The summed E-state index contributed by atoms with van der Waals surface area (Å²) in [6, 6.07) is 0.488. The number of aromatic nitrogens is 2. The number of hydrogen-bond acceptors (Lipinski definition) is 4. The summed E-state index contributed by atoms with van der Waals surface area (Å²) in [5, 5.41) is 5.65. The number of imidazole rings is 1. The lowest BCUT2D eigenvalue weighted by Crippen LogP contribution is -2.28. The maximum absolute atomic E-state index is 4.86. The predicted octanol–water partition coefficient (Wildman–Crippen LogP) is 3.52. The van der Waals surface area contributed by atoms with Gasteiger partial charge in [0.2, 0.25) is 0 Å². The molecule has 3 rings (SSSR count). The average Bonchev–Trinajstić information content (AvgIpc) is 3.12. The first-order valence-electron chi connectivity index (χ1n) is 8.04. The maximum Gasteiger partial charge on any atom is 0.195 e. The van der Waals surface area contributed by atoms with E-state index < -0.39 is 0 Å². The molecule has 2 aromatic rings. The Balaban J connectivity index is 1.81. The van der Waals surface area contributed by atoms with Gasteiger partial charge in [-0.15, -0.1) is 11.3 Å². The summed E-state index contributed by atoms with van der Waals surface area (Å²) in [6.07, 6.45) is 7.70. The van der Waals surface area contributed by atoms with E-state index in [2.05, 4.69) is 47.1 Å². The minimum Gasteiger partial charge on any atom is -0.358 e. The van der Waals surface area contributed by atoms with E-state index in [4.69, 9.17) is 4.98 Å². The zero-order chi connectivity index (χ0) is 14.8. The van der Waals surface area contributed by atoms with E-state index in [0.29, 0.717) is 6.04 Å². The van der Waals surface area contributed by atoms with Gasteiger partial charge in [-0.3, -0.25) is 4.40 Å². The highest BCUT2D eigenvalue weighted by Crippen LogP contribution is 2.29. The van der Waals surface area contributed by atoms with E-state index in [1.807, 2.05) is 0 Å². The van der Waals surface area contributed by atoms with Crippen molar-refractivity contribution in [3.8, 4) is 0 Å². The second-order valence-electron chi connectivity index (χ2n) is 6.50. The second-order valence-corrected chi connectivity index (χ2v) is 7.38. The summed E-state index contributed by atoms with van der Waals surface area (Å²) in [6.45, 7) is 6.39. The van der Waals surface area contributed by atoms with E-state index in [9.17, 15) is 0 Å². The standard InChI is InChI=1S/C16H26N4S/c1-12(2)17-10-14-15(18-16-20(14)8-9-21-16)19(3)11-13-6-4-5-7-13/h8-9,12-13,17H,4-7,10-11H2,1-3H3. The monoisotopic (exact) mass is 306 g/mol. The molecule has 0 aromatic carbocycles. The molecular weight excluding hydrogens is 280 g/mol. The van der Waals surface area contributed by atoms with Crippen LogP contribution in [0.25, 0.3) is 4.96 Å². The summed E-state index contributed by atoms with van der Waals surface area (Å²) in [7, 11) is 2.20. The average molecular weight is 306 g/mol. The molecule has 2 aromatic heterocycles. The van der Waals surface area contributed by atoms with Crippen LogP contribution in [0.2, 0.25) is 0 Å². The lowest BCUT2D eigenvalue weighted by atomic mass is 10.1. The Kier molecular flexibility index (Phi) is 4.50. The van der Waals surface area contributed by atoms with Crippen molar-refractivity contribution in [2.45, 2.75) is 52.1 Å². The summed E-state index contributed by atoms with van der Waals surface area (Å²) in [5.41, 5.74) is 1.29. The molecule has 0 amide bonds. The van der Waals surface area contributed by atoms with E-state index in [1.165, 1.54) is 31.4 Å². The highest BCUT2D eigenvalue weighted by Gasteiger charge is 2.21. The highest BCUT2D eigenvalue weighted by molar-refractivity contribution is 7.15. The van der Waals surface area contributed by atoms with Crippen LogP contribution in [0.1, 0.15) is 45.2 Å². The molecule has 0 unspecified atom stereocenters. The molecule has 0 spiro atoms. The molecule has 2 heterocycles. The van der Waals surface area contributed by atoms with E-state index in [0.717, 1.165) is 29.8 Å². The Labute approximate surface area is 131 Å². The van der Waals surface area contributed by atoms with Gasteiger partial charge in [0.25, 0.3) is 0 Å². The first-order chi connectivity index (χ1) is 10.1. The summed E-state index contributed by atoms with van der Waals surface area (Å²) < 4.78 is 2.24. The number of fused-ring (bicyclic) bond motifs is 1. The summed E-state index contributed by atoms with van der Waals surface area (Å²) in [5.74, 6) is 2.00. The lowest BCUT2D eigenvalue weighted by molar-refractivity contribution is 0.541. The fourth-order valence-corrected chi connectivity index (χ4v) is 3.99. The Bertz CT molecular complexity index is 580. The number of rotatable bonds is 6. The van der Waals surface area contributed by atoms with Crippen LogP contribution >= 0.6 is 11.3 Å². The largest absolute Gasteiger partial charge is 0.358 e. The normalized spacial score (nSPS) is 16.4. The predicted molar refractivity (Wildman–Crippen MR) is 90.3 cm³/mol. The fourth-order valence-electron chi connectivity index (χ4n) is 3.26. The van der Waals surface area contributed by atoms with Crippen molar-refractivity contribution in [1.29, 1.82) is 0 Å². The van der Waals surface area contributed by atoms with Gasteiger partial charge in [-0.05, 0) is 18.8 Å². The van der Waals surface area contributed by atoms with Crippen LogP contribution in [0.4, 0.5) is 5.82 Å². The molecule has 1 fully saturated rings. The van der Waals surface area contributed by atoms with Crippen molar-refractivity contribution in [2.24, 2.45) is 5.92 Å². The van der Waals surface area contributed by atoms with Gasteiger partial charge in [-0.1, -0.05) is 26.7 Å². The van der Waals surface area contributed by atoms with Gasteiger partial charge in [-0.2, -0.15) is 0 Å². The molecular formula is C16H26N4S. The molecule has 1 saturated carbocycles. The van der Waals surface area contributed by atoms with Crippen molar-refractivity contribution in [3.63, 3.8) is 0 Å². The number of nitrogens with one attached hydrogen (secondary N) is 1. The van der Waals surface area contributed by atoms with Crippen LogP contribution in [0.5, 0.6) is 0 Å². The first-order valence-corrected chi connectivity index (χ1v) is 8.92. The van der Waals surface area contributed by atoms with E-state index in [1.54, 1.807) is 11.3 Å². The molecule has 0 atom stereocenters. The highest BCUT2D eigenvalue weighted by atomic mass is 32.1. The van der Waals surface area contributed by atoms with Crippen molar-refractivity contribution < 1.29 is 0 Å². The molecule has 0 radical (unpaired) electrons. The summed E-state index contributed by atoms with van der Waals surface area (Å²) >= 11 is 1.71. The van der Waals surface area contributed by atoms with Crippen molar-refractivity contribution in [3.05, 3.63) is 17.3 Å². The minimum atomic E-state index is 0.488. The topological polar surface area (TPSA) is 32.6 Å². The molecule has 1 aliphatic rings. The number of hydrogen-bond donors (Lipinski definition) is 1. The molecule has 0 bridgehead atoms. The quantitative estimate of drug-likeness (QED) is 0.886. The van der Waals surface area contributed by atoms with Crippen LogP contribution in [0.3, 0.4) is 0 Å². The van der Waals surface area contributed by atoms with Crippen LogP contribution < -0.4 is 10.2 Å². The third-order valence-corrected chi connectivity index (χ3v) is 5.14. The SMILES string of the molecule is CC(C)NCc1c(N(C)CC2CCCC2)nc2sccn12. The third-order valence-electron chi connectivity index (χ3n) is 4.39. The Morgan fingerprint density at radius 2 is 2.19 bits per heavy atom. The Morgan fingerprint density at radius 3 is 2.90 bits per heavy atom. The summed E-state index contributed by atoms with van der Waals surface area (Å²) in [4.78, 5) is 8.33. The van der Waals surface area contributed by atoms with Gasteiger partial charge >= 0.3 is 0 Å². The molecule has 21 heavy (non-hydrogen) atoms. The number of nitrogens with zero attached hydrogens (tertiary/aromatic N) is 3. The molecule has 4 nitrogen and oxygen atoms in total. The molecule has 1 N–H and O–H groups in total. The smallest absolute Gasteiger partial charge is 0.195 e. The number of anilines is 1. The fraction of sp³-hybridized carbons (Fsp3) is 0.688. The van der Waals surface area contributed by atoms with Crippen LogP contribution in [-0.4, -0.2) is 29.0 Å². The molecule has 0 aliphatic heterocycles. The first kappa shape index (κ1) is 14.9. The molecule has 5 heteroatoms. The molecule has 1 aliphatic carbocycles. The number of thiazole rings is 1. The van der Waals surface area contributed by atoms with Crippen molar-refractivity contribution in [1.82, 2.24) is 14.7 Å². The Hall–Kier alpha value is -1.07. The van der Waals surface area contributed by atoms with Gasteiger partial charge in [0.1, 0.15) is 0 Å². The zero-order valence-electron chi connectivity index (χ0n) is 13.3. The van der Waals surface area contributed by atoms with Gasteiger partial charge in [0.05, 0.1) is 5.69 Å². The molecule has 0 saturated heterocycles. The second kappa shape index (κ2) is 6.36. The van der Waals surface area contributed by atoms with Crippen LogP contribution in [-0.2, 0) is 6.54 Å². The van der Waals surface area contributed by atoms with Crippen molar-refractivity contribution in [2.75, 3.05) is 18.5 Å². The van der Waals surface area contributed by atoms with Crippen molar-refractivity contribution >= 4 is 22.1 Å². The van der Waals surface area contributed by atoms with Crippen LogP contribution in [0.15, 0.2) is 11.6 Å². The van der Waals surface area contributed by atoms with Gasteiger partial charge in [0.15, 0.2) is 10.8 Å². The van der Waals surface area contributed by atoms with Gasteiger partial charge in [0, 0.05) is 37.8 Å². The molecule has 116 valence electrons. The van der Waals surface area contributed by atoms with E-state index >= 15 is 0 Å².